The molecule has 0 aliphatic rings. The van der Waals surface area contributed by atoms with Crippen molar-refractivity contribution in [2.45, 2.75) is 31.2 Å². The molecule has 0 fully saturated rings. The van der Waals surface area contributed by atoms with Crippen molar-refractivity contribution < 1.29 is 86.4 Å². The number of benzene rings is 4. The first kappa shape index (κ1) is 40.8. The molecular weight excluding hydrogens is 797 g/mol. The molecule has 0 N–H and O–H groups in total. The third-order valence-electron chi connectivity index (χ3n) is 6.57. The summed E-state index contributed by atoms with van der Waals surface area (Å²) in [6.45, 7) is 0. The summed E-state index contributed by atoms with van der Waals surface area (Å²) in [5, 5.41) is -0.536. The Labute approximate surface area is 274 Å². The van der Waals surface area contributed by atoms with E-state index in [0.717, 1.165) is 24.3 Å². The Morgan fingerprint density at radius 3 is 0.800 bits per heavy atom. The lowest BCUT2D eigenvalue weighted by molar-refractivity contribution is -0.0483. The fraction of sp³-hybridized carbons (Fsp3) is 0.231. The molecule has 0 spiro atoms. The van der Waals surface area contributed by atoms with Crippen LogP contribution in [0, 0.1) is 0 Å². The smallest absolute Gasteiger partial charge is 0.218 e. The van der Waals surface area contributed by atoms with Gasteiger partial charge in [0.05, 0.1) is 0 Å². The minimum atomic E-state index is -6.73. The van der Waals surface area contributed by atoms with E-state index in [4.69, 9.17) is 0 Å². The Bertz CT molecular complexity index is 2080. The number of halogens is 12. The Hall–Kier alpha value is -3.64. The van der Waals surface area contributed by atoms with Crippen LogP contribution in [0.4, 0.5) is 52.7 Å². The Morgan fingerprint density at radius 2 is 0.560 bits per heavy atom. The first-order valence-electron chi connectivity index (χ1n) is 12.6. The molecule has 0 amide bonds. The van der Waals surface area contributed by atoms with Gasteiger partial charge in [0.25, 0.3) is 39.3 Å². The van der Waals surface area contributed by atoms with E-state index < -0.39 is 81.7 Å². The average molecular weight is 813 g/mol. The van der Waals surface area contributed by atoms with Gasteiger partial charge in [-0.3, -0.25) is 0 Å². The van der Waals surface area contributed by atoms with Crippen LogP contribution < -0.4 is 0 Å². The Kier molecular flexibility index (Phi) is 10.7. The summed E-state index contributed by atoms with van der Waals surface area (Å²) in [5.74, 6) is 0. The summed E-state index contributed by atoms with van der Waals surface area (Å²) < 4.78 is 240. The second kappa shape index (κ2) is 13.2. The molecule has 24 heteroatoms. The fourth-order valence-corrected chi connectivity index (χ4v) is 11.5. The summed E-state index contributed by atoms with van der Waals surface area (Å²) in [5.41, 5.74) is -27.0. The summed E-state index contributed by atoms with van der Waals surface area (Å²) in [6, 6.07) is 15.6. The van der Waals surface area contributed by atoms with Crippen LogP contribution in [0.25, 0.3) is 21.5 Å². The number of rotatable bonds is 6. The molecule has 276 valence electrons. The monoisotopic (exact) mass is 812 g/mol. The zero-order valence-corrected chi connectivity index (χ0v) is 26.9. The molecule has 0 aromatic heterocycles. The zero-order valence-electron chi connectivity index (χ0n) is 23.7. The zero-order chi connectivity index (χ0) is 38.5. The second-order valence-electron chi connectivity index (χ2n) is 9.76. The molecule has 4 aromatic carbocycles. The van der Waals surface area contributed by atoms with Gasteiger partial charge in [0.1, 0.15) is 0 Å². The lowest BCUT2D eigenvalue weighted by Crippen LogP contribution is -2.39. The van der Waals surface area contributed by atoms with Gasteiger partial charge in [-0.2, -0.15) is 52.7 Å². The third-order valence-corrected chi connectivity index (χ3v) is 15.5. The van der Waals surface area contributed by atoms with Crippen LogP contribution in [0.2, 0.25) is 0 Å². The van der Waals surface area contributed by atoms with Crippen molar-refractivity contribution in [3.05, 3.63) is 96.1 Å². The maximum absolute atomic E-state index is 12.9. The summed E-state index contributed by atoms with van der Waals surface area (Å²) in [7, 11) is -26.9. The number of sulfone groups is 4. The van der Waals surface area contributed by atoms with Crippen molar-refractivity contribution in [1.82, 2.24) is 0 Å². The molecule has 0 heterocycles. The SMILES string of the molecule is O=S(=O)(C(c1cccc2ccccc12)S(=O)(=O)C(F)(F)F)C(F)(F)F.O=S(=O)(C(c1cccc2ccccc12)S(=O)(=O)C(F)(F)F)C(F)(F)F. The maximum atomic E-state index is 12.9. The fourth-order valence-electron chi connectivity index (χ4n) is 4.40. The Balaban J connectivity index is 0.000000270. The topological polar surface area (TPSA) is 137 Å². The molecule has 4 rings (SSSR count). The summed E-state index contributed by atoms with van der Waals surface area (Å²) in [4.78, 5) is 0. The molecule has 0 saturated heterocycles. The van der Waals surface area contributed by atoms with Crippen molar-refractivity contribution >= 4 is 60.9 Å². The Morgan fingerprint density at radius 1 is 0.340 bits per heavy atom. The third kappa shape index (κ3) is 7.37. The van der Waals surface area contributed by atoms with E-state index >= 15 is 0 Å². The summed E-state index contributed by atoms with van der Waals surface area (Å²) in [6.07, 6.45) is 0. The standard InChI is InChI=1S/2C13H8F6O4S2/c2*14-12(15,16)24(20,21)11(25(22,23)13(17,18)19)10-7-3-5-8-4-1-2-6-9(8)10/h2*1-7,11H. The van der Waals surface area contributed by atoms with Crippen molar-refractivity contribution in [2.75, 3.05) is 0 Å². The van der Waals surface area contributed by atoms with Crippen molar-refractivity contribution in [1.29, 1.82) is 0 Å². The van der Waals surface area contributed by atoms with Crippen molar-refractivity contribution in [3.8, 4) is 0 Å². The van der Waals surface area contributed by atoms with Crippen molar-refractivity contribution in [2.24, 2.45) is 0 Å². The minimum Gasteiger partial charge on any atom is -0.218 e. The van der Waals surface area contributed by atoms with Gasteiger partial charge >= 0.3 is 22.0 Å². The van der Waals surface area contributed by atoms with Crippen LogP contribution in [-0.2, 0) is 39.3 Å². The van der Waals surface area contributed by atoms with Crippen LogP contribution in [0.15, 0.2) is 84.9 Å². The molecule has 0 bridgehead atoms. The van der Waals surface area contributed by atoms with Crippen LogP contribution in [-0.4, -0.2) is 55.7 Å². The number of alkyl halides is 12. The van der Waals surface area contributed by atoms with Gasteiger partial charge in [-0.05, 0) is 32.7 Å². The first-order valence-corrected chi connectivity index (χ1v) is 18.8. The molecule has 0 saturated carbocycles. The molecule has 0 aliphatic heterocycles. The molecule has 8 nitrogen and oxygen atoms in total. The van der Waals surface area contributed by atoms with Gasteiger partial charge < -0.3 is 0 Å². The number of hydrogen-bond donors (Lipinski definition) is 0. The molecule has 4 aromatic rings. The molecule has 0 unspecified atom stereocenters. The second-order valence-corrected chi connectivity index (χ2v) is 18.5. The van der Waals surface area contributed by atoms with E-state index in [-0.39, 0.29) is 21.5 Å². The number of hydrogen-bond acceptors (Lipinski definition) is 8. The van der Waals surface area contributed by atoms with Gasteiger partial charge in [0.15, 0.2) is 0 Å². The molecule has 0 aliphatic carbocycles. The van der Waals surface area contributed by atoms with E-state index in [1.165, 1.54) is 48.5 Å². The van der Waals surface area contributed by atoms with Crippen molar-refractivity contribution in [3.63, 3.8) is 0 Å². The highest BCUT2D eigenvalue weighted by Gasteiger charge is 2.65. The predicted octanol–water partition coefficient (Wildman–Crippen LogP) is 7.42. The van der Waals surface area contributed by atoms with E-state index in [1.54, 1.807) is 0 Å². The molecular formula is C26H16F12O8S4. The quantitative estimate of drug-likeness (QED) is 0.184. The molecule has 0 radical (unpaired) electrons. The van der Waals surface area contributed by atoms with Crippen LogP contribution in [0.1, 0.15) is 20.3 Å². The van der Waals surface area contributed by atoms with E-state index in [2.05, 4.69) is 0 Å². The van der Waals surface area contributed by atoms with Gasteiger partial charge in [0.2, 0.25) is 9.16 Å². The first-order chi connectivity index (χ1) is 22.4. The highest BCUT2D eigenvalue weighted by molar-refractivity contribution is 8.09. The van der Waals surface area contributed by atoms with Crippen LogP contribution in [0.3, 0.4) is 0 Å². The van der Waals surface area contributed by atoms with E-state index in [0.29, 0.717) is 12.1 Å². The molecule has 50 heavy (non-hydrogen) atoms. The minimum absolute atomic E-state index is 0.0831. The van der Waals surface area contributed by atoms with Crippen LogP contribution in [0.5, 0.6) is 0 Å². The van der Waals surface area contributed by atoms with E-state index in [1.807, 2.05) is 0 Å². The normalized spacial score (nSPS) is 14.2. The lowest BCUT2D eigenvalue weighted by atomic mass is 10.1. The van der Waals surface area contributed by atoms with Crippen LogP contribution >= 0.6 is 0 Å². The highest BCUT2D eigenvalue weighted by atomic mass is 32.3. The van der Waals surface area contributed by atoms with Gasteiger partial charge in [-0.25, -0.2) is 33.7 Å². The average Bonchev–Trinajstić information content (AvgIpc) is 2.95. The summed E-state index contributed by atoms with van der Waals surface area (Å²) >= 11 is 0. The lowest BCUT2D eigenvalue weighted by Gasteiger charge is -2.22. The predicted molar refractivity (Wildman–Crippen MR) is 153 cm³/mol. The largest absolute Gasteiger partial charge is 0.499 e. The van der Waals surface area contributed by atoms with Gasteiger partial charge in [-0.1, -0.05) is 84.9 Å². The highest BCUT2D eigenvalue weighted by Crippen LogP contribution is 2.48. The van der Waals surface area contributed by atoms with Gasteiger partial charge in [0, 0.05) is 0 Å². The molecule has 0 atom stereocenters. The van der Waals surface area contributed by atoms with Gasteiger partial charge in [-0.15, -0.1) is 0 Å². The van der Waals surface area contributed by atoms with E-state index in [9.17, 15) is 86.4 Å². The number of fused-ring (bicyclic) bond motifs is 2. The maximum Gasteiger partial charge on any atom is 0.499 e.